The van der Waals surface area contributed by atoms with E-state index in [0.717, 1.165) is 6.54 Å². The molecule has 0 N–H and O–H groups in total. The molecule has 1 aromatic carbocycles. The maximum atomic E-state index is 13.3. The molecule has 0 aromatic heterocycles. The predicted molar refractivity (Wildman–Crippen MR) is 124 cm³/mol. The highest BCUT2D eigenvalue weighted by atomic mass is 16.2. The topological polar surface area (TPSA) is 64.2 Å². The molecule has 32 heavy (non-hydrogen) atoms. The Morgan fingerprint density at radius 2 is 1.81 bits per heavy atom. The molecule has 1 saturated carbocycles. The second-order valence-corrected chi connectivity index (χ2v) is 9.76. The summed E-state index contributed by atoms with van der Waals surface area (Å²) in [7, 11) is 4.00. The number of carbonyl (C=O) groups excluding carboxylic acids is 3. The molecule has 3 aliphatic rings. The van der Waals surface area contributed by atoms with E-state index in [2.05, 4.69) is 11.9 Å². The van der Waals surface area contributed by atoms with Crippen molar-refractivity contribution in [3.8, 4) is 0 Å². The van der Waals surface area contributed by atoms with Crippen LogP contribution in [0.1, 0.15) is 68.6 Å². The molecule has 7 heteroatoms. The van der Waals surface area contributed by atoms with Gasteiger partial charge in [-0.2, -0.15) is 0 Å². The van der Waals surface area contributed by atoms with Crippen LogP contribution in [0.3, 0.4) is 0 Å². The average Bonchev–Trinajstić information content (AvgIpc) is 3.12. The molecule has 0 spiro atoms. The Labute approximate surface area is 191 Å². The first-order valence-electron chi connectivity index (χ1n) is 12.0. The van der Waals surface area contributed by atoms with E-state index in [4.69, 9.17) is 0 Å². The van der Waals surface area contributed by atoms with E-state index < -0.39 is 5.66 Å². The second-order valence-electron chi connectivity index (χ2n) is 9.76. The third kappa shape index (κ3) is 4.15. The first-order valence-corrected chi connectivity index (χ1v) is 12.0. The van der Waals surface area contributed by atoms with E-state index >= 15 is 0 Å². The van der Waals surface area contributed by atoms with E-state index in [1.807, 2.05) is 32.2 Å². The molecule has 2 fully saturated rings. The van der Waals surface area contributed by atoms with Gasteiger partial charge in [-0.15, -0.1) is 0 Å². The molecule has 3 amide bonds. The van der Waals surface area contributed by atoms with Crippen LogP contribution in [-0.4, -0.2) is 77.9 Å². The SMILES string of the molecule is CN(CCN(C)C1CCCCC1)C(=O)CCN1C(=O)c2ccccc2N2C(=O)CCC12C. The zero-order valence-electron chi connectivity index (χ0n) is 19.7. The Kier molecular flexibility index (Phi) is 6.56. The Hall–Kier alpha value is -2.41. The minimum atomic E-state index is -0.706. The van der Waals surface area contributed by atoms with E-state index in [1.54, 1.807) is 20.8 Å². The summed E-state index contributed by atoms with van der Waals surface area (Å²) in [4.78, 5) is 46.5. The van der Waals surface area contributed by atoms with E-state index in [0.29, 0.717) is 43.2 Å². The highest BCUT2D eigenvalue weighted by Gasteiger charge is 2.52. The van der Waals surface area contributed by atoms with Crippen LogP contribution in [0, 0.1) is 0 Å². The summed E-state index contributed by atoms with van der Waals surface area (Å²) in [5, 5.41) is 0. The lowest BCUT2D eigenvalue weighted by Crippen LogP contribution is -2.62. The Balaban J connectivity index is 1.37. The van der Waals surface area contributed by atoms with Gasteiger partial charge in [0.15, 0.2) is 0 Å². The van der Waals surface area contributed by atoms with Crippen molar-refractivity contribution < 1.29 is 14.4 Å². The van der Waals surface area contributed by atoms with E-state index in [9.17, 15) is 14.4 Å². The van der Waals surface area contributed by atoms with Crippen molar-refractivity contribution in [1.29, 1.82) is 0 Å². The average molecular weight is 441 g/mol. The van der Waals surface area contributed by atoms with E-state index in [1.165, 1.54) is 32.1 Å². The largest absolute Gasteiger partial charge is 0.344 e. The number of carbonyl (C=O) groups is 3. The van der Waals surface area contributed by atoms with Gasteiger partial charge in [-0.25, -0.2) is 0 Å². The molecule has 174 valence electrons. The quantitative estimate of drug-likeness (QED) is 0.654. The number of benzene rings is 1. The van der Waals surface area contributed by atoms with Crippen molar-refractivity contribution in [2.75, 3.05) is 38.6 Å². The fourth-order valence-electron chi connectivity index (χ4n) is 5.58. The Morgan fingerprint density at radius 1 is 1.09 bits per heavy atom. The van der Waals surface area contributed by atoms with Gasteiger partial charge in [0.2, 0.25) is 11.8 Å². The molecule has 0 radical (unpaired) electrons. The van der Waals surface area contributed by atoms with Crippen LogP contribution in [0.25, 0.3) is 0 Å². The molecule has 4 rings (SSSR count). The summed E-state index contributed by atoms with van der Waals surface area (Å²) >= 11 is 0. The van der Waals surface area contributed by atoms with Crippen molar-refractivity contribution in [2.24, 2.45) is 0 Å². The molecule has 1 saturated heterocycles. The van der Waals surface area contributed by atoms with Crippen LogP contribution in [0.4, 0.5) is 5.69 Å². The first kappa shape index (κ1) is 22.8. The fraction of sp³-hybridized carbons (Fsp3) is 0.640. The fourth-order valence-corrected chi connectivity index (χ4v) is 5.58. The van der Waals surface area contributed by atoms with E-state index in [-0.39, 0.29) is 24.1 Å². The van der Waals surface area contributed by atoms with Gasteiger partial charge in [0.1, 0.15) is 5.66 Å². The molecule has 0 bridgehead atoms. The van der Waals surface area contributed by atoms with Gasteiger partial charge in [-0.1, -0.05) is 31.4 Å². The molecule has 1 aromatic rings. The minimum Gasteiger partial charge on any atom is -0.344 e. The summed E-state index contributed by atoms with van der Waals surface area (Å²) < 4.78 is 0. The monoisotopic (exact) mass is 440 g/mol. The van der Waals surface area contributed by atoms with Gasteiger partial charge in [0.25, 0.3) is 5.91 Å². The first-order chi connectivity index (χ1) is 15.3. The third-order valence-corrected chi connectivity index (χ3v) is 7.71. The van der Waals surface area contributed by atoms with Crippen molar-refractivity contribution in [3.63, 3.8) is 0 Å². The number of rotatable bonds is 7. The van der Waals surface area contributed by atoms with Crippen LogP contribution >= 0.6 is 0 Å². The van der Waals surface area contributed by atoms with Crippen molar-refractivity contribution in [3.05, 3.63) is 29.8 Å². The molecule has 2 aliphatic heterocycles. The van der Waals surface area contributed by atoms with Gasteiger partial charge < -0.3 is 14.7 Å². The Morgan fingerprint density at radius 3 is 2.56 bits per heavy atom. The summed E-state index contributed by atoms with van der Waals surface area (Å²) in [6.45, 7) is 3.81. The summed E-state index contributed by atoms with van der Waals surface area (Å²) in [6.07, 6.45) is 7.70. The third-order valence-electron chi connectivity index (χ3n) is 7.71. The standard InChI is InChI=1S/C25H36N4O3/c1-25-15-13-23(31)29(25)21-12-8-7-11-20(21)24(32)28(25)16-14-22(30)27(3)18-17-26(2)19-9-5-4-6-10-19/h7-8,11-12,19H,4-6,9-10,13-18H2,1-3H3. The maximum Gasteiger partial charge on any atom is 0.257 e. The number of hydrogen-bond acceptors (Lipinski definition) is 4. The van der Waals surface area contributed by atoms with Crippen LogP contribution in [0.5, 0.6) is 0 Å². The lowest BCUT2D eigenvalue weighted by molar-refractivity contribution is -0.130. The van der Waals surface area contributed by atoms with Gasteiger partial charge in [-0.05, 0) is 45.4 Å². The van der Waals surface area contributed by atoms with Crippen LogP contribution in [-0.2, 0) is 9.59 Å². The normalized spacial score (nSPS) is 23.5. The summed E-state index contributed by atoms with van der Waals surface area (Å²) in [6, 6.07) is 7.92. The van der Waals surface area contributed by atoms with Gasteiger partial charge >= 0.3 is 0 Å². The van der Waals surface area contributed by atoms with Crippen LogP contribution in [0.2, 0.25) is 0 Å². The molecule has 1 unspecified atom stereocenters. The zero-order chi connectivity index (χ0) is 22.9. The number of para-hydroxylation sites is 1. The lowest BCUT2D eigenvalue weighted by atomic mass is 9.94. The second kappa shape index (κ2) is 9.22. The van der Waals surface area contributed by atoms with Crippen molar-refractivity contribution >= 4 is 23.4 Å². The highest BCUT2D eigenvalue weighted by molar-refractivity contribution is 6.10. The maximum absolute atomic E-state index is 13.3. The van der Waals surface area contributed by atoms with Crippen molar-refractivity contribution in [1.82, 2.24) is 14.7 Å². The highest BCUT2D eigenvalue weighted by Crippen LogP contribution is 2.43. The van der Waals surface area contributed by atoms with Gasteiger partial charge in [0, 0.05) is 45.6 Å². The molecular weight excluding hydrogens is 404 g/mol. The smallest absolute Gasteiger partial charge is 0.257 e. The molecular formula is C25H36N4O3. The minimum absolute atomic E-state index is 0.0339. The number of fused-ring (bicyclic) bond motifs is 3. The predicted octanol–water partition coefficient (Wildman–Crippen LogP) is 3.10. The molecule has 7 nitrogen and oxygen atoms in total. The number of amides is 3. The van der Waals surface area contributed by atoms with Gasteiger partial charge in [0.05, 0.1) is 11.3 Å². The zero-order valence-corrected chi connectivity index (χ0v) is 19.7. The van der Waals surface area contributed by atoms with Crippen LogP contribution < -0.4 is 4.90 Å². The number of nitrogens with zero attached hydrogens (tertiary/aromatic N) is 4. The number of hydrogen-bond donors (Lipinski definition) is 0. The number of likely N-dealkylation sites (N-methyl/N-ethyl adjacent to an activating group) is 2. The van der Waals surface area contributed by atoms with Crippen molar-refractivity contribution in [2.45, 2.75) is 70.0 Å². The lowest BCUT2D eigenvalue weighted by Gasteiger charge is -2.48. The molecule has 1 atom stereocenters. The summed E-state index contributed by atoms with van der Waals surface area (Å²) in [5.74, 6) is -0.0265. The number of anilines is 1. The van der Waals surface area contributed by atoms with Crippen LogP contribution in [0.15, 0.2) is 24.3 Å². The summed E-state index contributed by atoms with van der Waals surface area (Å²) in [5.41, 5.74) is 0.519. The molecule has 1 aliphatic carbocycles. The Bertz CT molecular complexity index is 882. The molecule has 2 heterocycles. The van der Waals surface area contributed by atoms with Gasteiger partial charge in [-0.3, -0.25) is 19.3 Å².